The summed E-state index contributed by atoms with van der Waals surface area (Å²) in [6.45, 7) is 8.08. The Morgan fingerprint density at radius 1 is 1.17 bits per heavy atom. The molecule has 1 aromatic rings. The van der Waals surface area contributed by atoms with Crippen LogP contribution in [0.1, 0.15) is 20.8 Å². The number of amides is 3. The zero-order valence-electron chi connectivity index (χ0n) is 17.4. The highest BCUT2D eigenvalue weighted by atomic mass is 35.5. The zero-order chi connectivity index (χ0) is 22.1. The number of nitrogens with one attached hydrogen (secondary N) is 1. The summed E-state index contributed by atoms with van der Waals surface area (Å²) in [4.78, 5) is 41.6. The van der Waals surface area contributed by atoms with Crippen molar-refractivity contribution in [2.24, 2.45) is 5.41 Å². The number of rotatable bonds is 5. The molecule has 2 heterocycles. The van der Waals surface area contributed by atoms with E-state index < -0.39 is 17.2 Å². The number of aliphatic hydroxyl groups is 1. The Balaban J connectivity index is 1.64. The minimum atomic E-state index is -0.478. The summed E-state index contributed by atoms with van der Waals surface area (Å²) in [6.07, 6.45) is 1.21. The van der Waals surface area contributed by atoms with Gasteiger partial charge in [0.1, 0.15) is 5.70 Å². The van der Waals surface area contributed by atoms with Crippen LogP contribution in [-0.2, 0) is 14.4 Å². The molecule has 0 saturated carbocycles. The topological polar surface area (TPSA) is 93.2 Å². The number of anilines is 2. The van der Waals surface area contributed by atoms with Gasteiger partial charge in [-0.1, -0.05) is 32.4 Å². The van der Waals surface area contributed by atoms with E-state index in [4.69, 9.17) is 16.7 Å². The van der Waals surface area contributed by atoms with Gasteiger partial charge in [0.25, 0.3) is 11.8 Å². The zero-order valence-corrected chi connectivity index (χ0v) is 18.2. The van der Waals surface area contributed by atoms with Gasteiger partial charge in [-0.25, -0.2) is 0 Å². The number of imide groups is 1. The first-order chi connectivity index (χ1) is 14.1. The van der Waals surface area contributed by atoms with E-state index in [1.54, 1.807) is 12.1 Å². The number of β-amino-alcohol motifs (C(OH)–C–C–N with tert-alkyl or cyclic N) is 1. The molecule has 162 valence electrons. The Morgan fingerprint density at radius 2 is 1.83 bits per heavy atom. The number of benzene rings is 1. The van der Waals surface area contributed by atoms with Crippen molar-refractivity contribution in [1.82, 2.24) is 9.80 Å². The summed E-state index contributed by atoms with van der Waals surface area (Å²) in [7, 11) is 0. The van der Waals surface area contributed by atoms with Crippen molar-refractivity contribution in [2.75, 3.05) is 49.5 Å². The maximum atomic E-state index is 12.5. The van der Waals surface area contributed by atoms with E-state index in [2.05, 4.69) is 10.2 Å². The molecule has 8 nitrogen and oxygen atoms in total. The molecule has 1 saturated heterocycles. The van der Waals surface area contributed by atoms with Gasteiger partial charge in [-0.15, -0.1) is 0 Å². The molecule has 3 rings (SSSR count). The molecule has 0 bridgehead atoms. The molecule has 30 heavy (non-hydrogen) atoms. The Hall–Kier alpha value is -2.58. The molecule has 3 amide bonds. The molecular formula is C21H27ClN4O4. The number of hydrogen-bond acceptors (Lipinski definition) is 6. The normalized spacial score (nSPS) is 17.5. The summed E-state index contributed by atoms with van der Waals surface area (Å²) < 4.78 is 0. The van der Waals surface area contributed by atoms with Crippen molar-refractivity contribution in [3.8, 4) is 0 Å². The minimum Gasteiger partial charge on any atom is -0.395 e. The van der Waals surface area contributed by atoms with E-state index in [9.17, 15) is 14.4 Å². The Bertz CT molecular complexity index is 885. The third kappa shape index (κ3) is 4.60. The average molecular weight is 435 g/mol. The standard InChI is InChI=1S/C21H27ClN4O4/c1-21(2,3)20(30)25-8-6-24(7-9-25)17-5-4-14(12-15(17)22)23-16-13-18(28)26(10-11-27)19(16)29/h4-5,12-13,23,27H,6-11H2,1-3H3. The van der Waals surface area contributed by atoms with E-state index in [1.807, 2.05) is 31.7 Å². The van der Waals surface area contributed by atoms with Crippen LogP contribution >= 0.6 is 11.6 Å². The van der Waals surface area contributed by atoms with Gasteiger partial charge in [0.15, 0.2) is 0 Å². The quantitative estimate of drug-likeness (QED) is 0.685. The second-order valence-corrected chi connectivity index (χ2v) is 8.80. The number of carbonyl (C=O) groups is 3. The van der Waals surface area contributed by atoms with Crippen molar-refractivity contribution >= 4 is 40.7 Å². The molecule has 0 aromatic heterocycles. The largest absolute Gasteiger partial charge is 0.395 e. The number of hydrogen-bond donors (Lipinski definition) is 2. The van der Waals surface area contributed by atoms with Crippen molar-refractivity contribution in [1.29, 1.82) is 0 Å². The fourth-order valence-corrected chi connectivity index (χ4v) is 3.83. The van der Waals surface area contributed by atoms with Gasteiger partial charge in [0, 0.05) is 43.4 Å². The molecule has 0 aliphatic carbocycles. The van der Waals surface area contributed by atoms with E-state index in [0.717, 1.165) is 10.6 Å². The van der Waals surface area contributed by atoms with Crippen LogP contribution in [-0.4, -0.2) is 72.0 Å². The van der Waals surface area contributed by atoms with Crippen LogP contribution in [0.4, 0.5) is 11.4 Å². The molecule has 0 atom stereocenters. The van der Waals surface area contributed by atoms with Crippen LogP contribution in [0, 0.1) is 5.41 Å². The predicted molar refractivity (Wildman–Crippen MR) is 115 cm³/mol. The monoisotopic (exact) mass is 434 g/mol. The third-order valence-corrected chi connectivity index (χ3v) is 5.41. The van der Waals surface area contributed by atoms with Crippen molar-refractivity contribution in [3.05, 3.63) is 35.0 Å². The van der Waals surface area contributed by atoms with Gasteiger partial charge in [-0.05, 0) is 18.2 Å². The van der Waals surface area contributed by atoms with Crippen LogP contribution < -0.4 is 10.2 Å². The number of piperazine rings is 1. The molecule has 2 aliphatic heterocycles. The van der Waals surface area contributed by atoms with Gasteiger partial charge in [0.05, 0.1) is 23.9 Å². The van der Waals surface area contributed by atoms with Crippen LogP contribution in [0.5, 0.6) is 0 Å². The maximum absolute atomic E-state index is 12.5. The van der Waals surface area contributed by atoms with E-state index in [0.29, 0.717) is 36.9 Å². The maximum Gasteiger partial charge on any atom is 0.277 e. The van der Waals surface area contributed by atoms with Crippen molar-refractivity contribution in [3.63, 3.8) is 0 Å². The summed E-state index contributed by atoms with van der Waals surface area (Å²) in [5.74, 6) is -0.789. The molecule has 1 aromatic carbocycles. The van der Waals surface area contributed by atoms with Crippen molar-refractivity contribution < 1.29 is 19.5 Å². The molecule has 2 aliphatic rings. The first-order valence-electron chi connectivity index (χ1n) is 9.91. The van der Waals surface area contributed by atoms with Gasteiger partial charge < -0.3 is 20.2 Å². The Morgan fingerprint density at radius 3 is 2.40 bits per heavy atom. The Kier molecular flexibility index (Phi) is 6.38. The highest BCUT2D eigenvalue weighted by molar-refractivity contribution is 6.33. The number of halogens is 1. The number of aliphatic hydroxyl groups excluding tert-OH is 1. The fourth-order valence-electron chi connectivity index (χ4n) is 3.53. The summed E-state index contributed by atoms with van der Waals surface area (Å²) in [6, 6.07) is 5.36. The van der Waals surface area contributed by atoms with Crippen LogP contribution in [0.3, 0.4) is 0 Å². The number of nitrogens with zero attached hydrogens (tertiary/aromatic N) is 3. The summed E-state index contributed by atoms with van der Waals surface area (Å²) >= 11 is 6.49. The Labute approximate surface area is 181 Å². The van der Waals surface area contributed by atoms with E-state index in [1.165, 1.54) is 6.08 Å². The second-order valence-electron chi connectivity index (χ2n) is 8.40. The van der Waals surface area contributed by atoms with Crippen LogP contribution in [0.15, 0.2) is 30.0 Å². The van der Waals surface area contributed by atoms with Gasteiger partial charge in [0.2, 0.25) is 5.91 Å². The molecule has 2 N–H and O–H groups in total. The summed E-state index contributed by atoms with van der Waals surface area (Å²) in [5.41, 5.74) is 1.19. The van der Waals surface area contributed by atoms with E-state index >= 15 is 0 Å². The minimum absolute atomic E-state index is 0.0390. The molecule has 0 unspecified atom stereocenters. The van der Waals surface area contributed by atoms with Crippen LogP contribution in [0.2, 0.25) is 5.02 Å². The highest BCUT2D eigenvalue weighted by Gasteiger charge is 2.31. The third-order valence-electron chi connectivity index (χ3n) is 5.11. The smallest absolute Gasteiger partial charge is 0.277 e. The molecule has 0 spiro atoms. The predicted octanol–water partition coefficient (Wildman–Crippen LogP) is 1.69. The van der Waals surface area contributed by atoms with Gasteiger partial charge >= 0.3 is 0 Å². The number of carbonyl (C=O) groups excluding carboxylic acids is 3. The summed E-state index contributed by atoms with van der Waals surface area (Å²) in [5, 5.41) is 12.4. The van der Waals surface area contributed by atoms with Gasteiger partial charge in [-0.2, -0.15) is 0 Å². The molecule has 0 radical (unpaired) electrons. The lowest BCUT2D eigenvalue weighted by Gasteiger charge is -2.39. The highest BCUT2D eigenvalue weighted by Crippen LogP contribution is 2.31. The van der Waals surface area contributed by atoms with Crippen molar-refractivity contribution in [2.45, 2.75) is 20.8 Å². The first kappa shape index (κ1) is 22.1. The lowest BCUT2D eigenvalue weighted by Crippen LogP contribution is -2.51. The lowest BCUT2D eigenvalue weighted by molar-refractivity contribution is -0.140. The SMILES string of the molecule is CC(C)(C)C(=O)N1CCN(c2ccc(NC3=CC(=O)N(CCO)C3=O)cc2Cl)CC1. The van der Waals surface area contributed by atoms with E-state index in [-0.39, 0.29) is 24.8 Å². The molecule has 1 fully saturated rings. The molecular weight excluding hydrogens is 408 g/mol. The second kappa shape index (κ2) is 8.65. The average Bonchev–Trinajstić information content (AvgIpc) is 2.95. The van der Waals surface area contributed by atoms with Gasteiger partial charge in [-0.3, -0.25) is 19.3 Å². The fraction of sp³-hybridized carbons (Fsp3) is 0.476. The lowest BCUT2D eigenvalue weighted by atomic mass is 9.94. The first-order valence-corrected chi connectivity index (χ1v) is 10.3. The van der Waals surface area contributed by atoms with Crippen LogP contribution in [0.25, 0.3) is 0 Å². The molecule has 9 heteroatoms.